The van der Waals surface area contributed by atoms with Crippen LogP contribution in [0.15, 0.2) is 12.1 Å². The number of rotatable bonds is 8. The first-order valence-electron chi connectivity index (χ1n) is 7.89. The van der Waals surface area contributed by atoms with Crippen molar-refractivity contribution in [1.29, 1.82) is 0 Å². The van der Waals surface area contributed by atoms with Crippen molar-refractivity contribution in [2.24, 2.45) is 0 Å². The number of likely N-dealkylation sites (N-methyl/N-ethyl adjacent to an activating group) is 2. The Morgan fingerprint density at radius 3 is 2.24 bits per heavy atom. The third kappa shape index (κ3) is 6.44. The van der Waals surface area contributed by atoms with Crippen molar-refractivity contribution < 1.29 is 0 Å². The molecule has 120 valence electrons. The molecule has 0 aliphatic rings. The van der Waals surface area contributed by atoms with Gasteiger partial charge in [0.1, 0.15) is 5.82 Å². The Morgan fingerprint density at radius 1 is 1.05 bits per heavy atom. The van der Waals surface area contributed by atoms with Gasteiger partial charge < -0.3 is 15.1 Å². The lowest BCUT2D eigenvalue weighted by Gasteiger charge is -2.23. The molecule has 0 bridgehead atoms. The molecule has 0 atom stereocenters. The van der Waals surface area contributed by atoms with Gasteiger partial charge in [0.05, 0.1) is 0 Å². The standard InChI is InChI=1S/C17H32N4/c1-13(2)16-10-15(12-18-14(3)4)11-17(19-16)21(7)9-8-20(5)6/h10-11,13-14,18H,8-9,12H2,1-7H3. The summed E-state index contributed by atoms with van der Waals surface area (Å²) in [6.07, 6.45) is 0. The van der Waals surface area contributed by atoms with Crippen LogP contribution in [0.2, 0.25) is 0 Å². The van der Waals surface area contributed by atoms with Crippen molar-refractivity contribution in [1.82, 2.24) is 15.2 Å². The lowest BCUT2D eigenvalue weighted by Crippen LogP contribution is -2.29. The number of nitrogens with one attached hydrogen (secondary N) is 1. The number of hydrogen-bond acceptors (Lipinski definition) is 4. The molecule has 0 fully saturated rings. The van der Waals surface area contributed by atoms with Crippen LogP contribution >= 0.6 is 0 Å². The maximum Gasteiger partial charge on any atom is 0.128 e. The molecule has 1 N–H and O–H groups in total. The molecule has 0 aromatic carbocycles. The molecule has 0 amide bonds. The van der Waals surface area contributed by atoms with Gasteiger partial charge in [-0.05, 0) is 37.7 Å². The predicted octanol–water partition coefficient (Wildman–Crippen LogP) is 2.70. The summed E-state index contributed by atoms with van der Waals surface area (Å²) < 4.78 is 0. The molecule has 0 aliphatic carbocycles. The number of aromatic nitrogens is 1. The number of hydrogen-bond donors (Lipinski definition) is 1. The Morgan fingerprint density at radius 2 is 1.71 bits per heavy atom. The normalized spacial score (nSPS) is 11.7. The molecule has 4 heteroatoms. The van der Waals surface area contributed by atoms with Crippen LogP contribution in [0, 0.1) is 0 Å². The van der Waals surface area contributed by atoms with Crippen molar-refractivity contribution in [3.8, 4) is 0 Å². The molecule has 4 nitrogen and oxygen atoms in total. The molecule has 1 heterocycles. The van der Waals surface area contributed by atoms with Crippen molar-refractivity contribution in [2.45, 2.75) is 46.2 Å². The van der Waals surface area contributed by atoms with Gasteiger partial charge in [0, 0.05) is 38.4 Å². The predicted molar refractivity (Wildman–Crippen MR) is 92.1 cm³/mol. The zero-order chi connectivity index (χ0) is 16.0. The summed E-state index contributed by atoms with van der Waals surface area (Å²) in [5.41, 5.74) is 2.49. The maximum atomic E-state index is 4.82. The van der Waals surface area contributed by atoms with E-state index in [0.29, 0.717) is 12.0 Å². The van der Waals surface area contributed by atoms with Gasteiger partial charge in [-0.25, -0.2) is 4.98 Å². The summed E-state index contributed by atoms with van der Waals surface area (Å²) in [5, 5.41) is 3.49. The molecule has 1 rings (SSSR count). The highest BCUT2D eigenvalue weighted by molar-refractivity contribution is 5.42. The van der Waals surface area contributed by atoms with Crippen LogP contribution in [0.4, 0.5) is 5.82 Å². The Balaban J connectivity index is 2.90. The Bertz CT molecular complexity index is 427. The van der Waals surface area contributed by atoms with Gasteiger partial charge in [-0.2, -0.15) is 0 Å². The third-order valence-electron chi connectivity index (χ3n) is 3.47. The second-order valence-corrected chi connectivity index (χ2v) is 6.67. The third-order valence-corrected chi connectivity index (χ3v) is 3.47. The van der Waals surface area contributed by atoms with Gasteiger partial charge in [-0.3, -0.25) is 0 Å². The van der Waals surface area contributed by atoms with E-state index in [0.717, 1.165) is 25.5 Å². The van der Waals surface area contributed by atoms with E-state index >= 15 is 0 Å². The Kier molecular flexibility index (Phi) is 7.12. The first-order valence-corrected chi connectivity index (χ1v) is 7.89. The van der Waals surface area contributed by atoms with Gasteiger partial charge in [0.15, 0.2) is 0 Å². The van der Waals surface area contributed by atoms with E-state index < -0.39 is 0 Å². The van der Waals surface area contributed by atoms with Crippen LogP contribution in [-0.4, -0.2) is 50.2 Å². The van der Waals surface area contributed by atoms with E-state index in [-0.39, 0.29) is 0 Å². The second-order valence-electron chi connectivity index (χ2n) is 6.67. The molecular weight excluding hydrogens is 260 g/mol. The minimum Gasteiger partial charge on any atom is -0.358 e. The fourth-order valence-corrected chi connectivity index (χ4v) is 1.97. The fourth-order valence-electron chi connectivity index (χ4n) is 1.97. The van der Waals surface area contributed by atoms with Crippen molar-refractivity contribution in [3.63, 3.8) is 0 Å². The highest BCUT2D eigenvalue weighted by atomic mass is 15.2. The lowest BCUT2D eigenvalue weighted by atomic mass is 10.1. The number of anilines is 1. The van der Waals surface area contributed by atoms with Crippen LogP contribution in [0.3, 0.4) is 0 Å². The van der Waals surface area contributed by atoms with E-state index in [1.165, 1.54) is 11.3 Å². The van der Waals surface area contributed by atoms with Gasteiger partial charge in [-0.15, -0.1) is 0 Å². The summed E-state index contributed by atoms with van der Waals surface area (Å²) in [6, 6.07) is 4.93. The van der Waals surface area contributed by atoms with Gasteiger partial charge in [0.25, 0.3) is 0 Å². The second kappa shape index (κ2) is 8.35. The first kappa shape index (κ1) is 17.9. The van der Waals surface area contributed by atoms with Crippen LogP contribution in [0.25, 0.3) is 0 Å². The lowest BCUT2D eigenvalue weighted by molar-refractivity contribution is 0.416. The minimum absolute atomic E-state index is 0.449. The molecule has 0 saturated carbocycles. The van der Waals surface area contributed by atoms with Crippen molar-refractivity contribution in [3.05, 3.63) is 23.4 Å². The summed E-state index contributed by atoms with van der Waals surface area (Å²) in [6.45, 7) is 11.7. The van der Waals surface area contributed by atoms with Crippen LogP contribution < -0.4 is 10.2 Å². The Labute approximate surface area is 130 Å². The SMILES string of the molecule is CC(C)NCc1cc(C(C)C)nc(N(C)CCN(C)C)c1. The van der Waals surface area contributed by atoms with E-state index in [1.54, 1.807) is 0 Å². The summed E-state index contributed by atoms with van der Waals surface area (Å²) >= 11 is 0. The van der Waals surface area contributed by atoms with Crippen LogP contribution in [-0.2, 0) is 6.54 Å². The molecule has 1 aromatic rings. The molecule has 0 saturated heterocycles. The largest absolute Gasteiger partial charge is 0.358 e. The zero-order valence-electron chi connectivity index (χ0n) is 14.8. The van der Waals surface area contributed by atoms with E-state index in [2.05, 4.69) is 76.1 Å². The van der Waals surface area contributed by atoms with E-state index in [4.69, 9.17) is 4.98 Å². The summed E-state index contributed by atoms with van der Waals surface area (Å²) in [4.78, 5) is 9.26. The quantitative estimate of drug-likeness (QED) is 0.798. The summed E-state index contributed by atoms with van der Waals surface area (Å²) in [7, 11) is 6.32. The van der Waals surface area contributed by atoms with E-state index in [1.807, 2.05) is 0 Å². The van der Waals surface area contributed by atoms with Crippen LogP contribution in [0.1, 0.15) is 44.9 Å². The van der Waals surface area contributed by atoms with Crippen LogP contribution in [0.5, 0.6) is 0 Å². The average molecular weight is 292 g/mol. The molecule has 21 heavy (non-hydrogen) atoms. The molecule has 1 aromatic heterocycles. The monoisotopic (exact) mass is 292 g/mol. The van der Waals surface area contributed by atoms with Crippen molar-refractivity contribution in [2.75, 3.05) is 39.1 Å². The molecule has 0 aliphatic heterocycles. The molecule has 0 unspecified atom stereocenters. The highest BCUT2D eigenvalue weighted by Gasteiger charge is 2.10. The average Bonchev–Trinajstić information content (AvgIpc) is 2.42. The van der Waals surface area contributed by atoms with Gasteiger partial charge in [-0.1, -0.05) is 27.7 Å². The first-order chi connectivity index (χ1) is 9.79. The van der Waals surface area contributed by atoms with E-state index in [9.17, 15) is 0 Å². The molecule has 0 radical (unpaired) electrons. The number of nitrogens with zero attached hydrogens (tertiary/aromatic N) is 3. The minimum atomic E-state index is 0.449. The van der Waals surface area contributed by atoms with Gasteiger partial charge >= 0.3 is 0 Å². The molecular formula is C17H32N4. The number of pyridine rings is 1. The fraction of sp³-hybridized carbons (Fsp3) is 0.706. The smallest absolute Gasteiger partial charge is 0.128 e. The maximum absolute atomic E-state index is 4.82. The van der Waals surface area contributed by atoms with Gasteiger partial charge in [0.2, 0.25) is 0 Å². The van der Waals surface area contributed by atoms with Crippen molar-refractivity contribution >= 4 is 5.82 Å². The zero-order valence-corrected chi connectivity index (χ0v) is 14.8. The molecule has 0 spiro atoms. The highest BCUT2D eigenvalue weighted by Crippen LogP contribution is 2.19. The Hall–Kier alpha value is -1.13. The topological polar surface area (TPSA) is 31.4 Å². The summed E-state index contributed by atoms with van der Waals surface area (Å²) in [5.74, 6) is 1.52.